The van der Waals surface area contributed by atoms with Gasteiger partial charge in [-0.3, -0.25) is 13.9 Å². The van der Waals surface area contributed by atoms with Crippen LogP contribution in [0.25, 0.3) is 27.4 Å². The molecule has 2 N–H and O–H groups in total. The number of thiazole rings is 1. The lowest BCUT2D eigenvalue weighted by molar-refractivity contribution is -0.668. The van der Waals surface area contributed by atoms with Gasteiger partial charge in [-0.2, -0.15) is 21.4 Å². The topological polar surface area (TPSA) is 151 Å². The summed E-state index contributed by atoms with van der Waals surface area (Å²) in [7, 11) is -6.93. The van der Waals surface area contributed by atoms with Gasteiger partial charge in [0.1, 0.15) is 10.4 Å². The first kappa shape index (κ1) is 35.2. The Morgan fingerprint density at radius 2 is 1.81 bits per heavy atom. The summed E-state index contributed by atoms with van der Waals surface area (Å²) in [5.74, 6) is 1.08. The van der Waals surface area contributed by atoms with E-state index in [9.17, 15) is 30.7 Å². The van der Waals surface area contributed by atoms with Crippen LogP contribution in [0.4, 0.5) is 5.69 Å². The number of aromatic nitrogens is 1. The molecule has 1 unspecified atom stereocenters. The second-order valence-corrected chi connectivity index (χ2v) is 15.9. The number of nitrogens with zero attached hydrogens (tertiary/aromatic N) is 2. The lowest BCUT2D eigenvalue weighted by Crippen LogP contribution is -2.36. The predicted molar refractivity (Wildman–Crippen MR) is 187 cm³/mol. The monoisotopic (exact) mass is 713 g/mol. The summed E-state index contributed by atoms with van der Waals surface area (Å²) < 4.78 is 80.1. The first-order valence-corrected chi connectivity index (χ1v) is 19.2. The highest BCUT2D eigenvalue weighted by atomic mass is 32.2. The third-order valence-corrected chi connectivity index (χ3v) is 11.3. The fraction of sp³-hybridized carbons (Fsp3) is 0.294. The van der Waals surface area contributed by atoms with Crippen LogP contribution in [0.5, 0.6) is 11.5 Å². The SMILES string of the molecule is CCC(/C=C1\Oc2ccc(-c3ccccc3)cc2N1CCC(C)S(=O)(=O)O)=C\c1sc2cc(OC)c(C=O)cc2[n+]1CCCS(=O)(=O)O. The highest BCUT2D eigenvalue weighted by molar-refractivity contribution is 7.86. The van der Waals surface area contributed by atoms with Crippen molar-refractivity contribution in [3.63, 3.8) is 0 Å². The van der Waals surface area contributed by atoms with Crippen LogP contribution in [0.2, 0.25) is 0 Å². The van der Waals surface area contributed by atoms with Crippen molar-refractivity contribution in [3.05, 3.63) is 88.8 Å². The number of allylic oxidation sites excluding steroid dienone is 2. The molecule has 0 fully saturated rings. The number of hydrogen-bond acceptors (Lipinski definition) is 9. The first-order chi connectivity index (χ1) is 22.8. The molecule has 11 nitrogen and oxygen atoms in total. The van der Waals surface area contributed by atoms with Crippen molar-refractivity contribution in [1.29, 1.82) is 0 Å². The molecule has 1 aliphatic rings. The van der Waals surface area contributed by atoms with Crippen LogP contribution in [-0.4, -0.2) is 56.9 Å². The largest absolute Gasteiger partial charge is 0.496 e. The standard InChI is InChI=1S/C34H36N2O9S3/c1-4-24(18-34-36(14-8-16-47(38,39)40)29-20-27(22-37)31(44-3)21-32(29)46-34)17-33-35(15-13-23(2)48(41,42)43)28-19-26(11-12-30(28)45-33)25-9-6-5-7-10-25/h5-7,9-12,17-23H,4,8,13-16H2,1-3H3,(H-,38,39,40,41,42,43)/p+1. The Kier molecular flexibility index (Phi) is 10.7. The van der Waals surface area contributed by atoms with Gasteiger partial charge in [0.15, 0.2) is 18.6 Å². The van der Waals surface area contributed by atoms with Crippen LogP contribution in [0, 0.1) is 0 Å². The van der Waals surface area contributed by atoms with E-state index < -0.39 is 31.2 Å². The Labute approximate surface area is 284 Å². The van der Waals surface area contributed by atoms with Gasteiger partial charge < -0.3 is 14.4 Å². The molecule has 254 valence electrons. The number of fused-ring (bicyclic) bond motifs is 2. The van der Waals surface area contributed by atoms with Crippen molar-refractivity contribution < 1.29 is 44.8 Å². The van der Waals surface area contributed by atoms with Crippen LogP contribution < -0.4 is 18.9 Å². The summed E-state index contributed by atoms with van der Waals surface area (Å²) in [6.45, 7) is 3.95. The summed E-state index contributed by atoms with van der Waals surface area (Å²) in [5, 5.41) is -0.220. The van der Waals surface area contributed by atoms with Gasteiger partial charge in [-0.1, -0.05) is 54.7 Å². The quantitative estimate of drug-likeness (QED) is 0.0884. The summed E-state index contributed by atoms with van der Waals surface area (Å²) in [5.41, 5.74) is 4.64. The minimum atomic E-state index is -4.24. The number of rotatable bonds is 14. The lowest BCUT2D eigenvalue weighted by Gasteiger charge is -2.20. The van der Waals surface area contributed by atoms with Gasteiger partial charge in [0, 0.05) is 37.3 Å². The van der Waals surface area contributed by atoms with Gasteiger partial charge in [-0.15, -0.1) is 0 Å². The summed E-state index contributed by atoms with van der Waals surface area (Å²) in [6.07, 6.45) is 5.40. The van der Waals surface area contributed by atoms with E-state index in [-0.39, 0.29) is 25.9 Å². The number of ether oxygens (including phenoxy) is 2. The molecule has 1 aromatic heterocycles. The van der Waals surface area contributed by atoms with Gasteiger partial charge in [0.05, 0.1) is 29.4 Å². The van der Waals surface area contributed by atoms with E-state index in [4.69, 9.17) is 9.47 Å². The maximum absolute atomic E-state index is 11.9. The molecular weight excluding hydrogens is 677 g/mol. The van der Waals surface area contributed by atoms with Gasteiger partial charge in [0.2, 0.25) is 11.4 Å². The molecule has 1 atom stereocenters. The zero-order valence-corrected chi connectivity index (χ0v) is 29.1. The number of anilines is 1. The van der Waals surface area contributed by atoms with Crippen molar-refractivity contribution in [2.24, 2.45) is 0 Å². The lowest BCUT2D eigenvalue weighted by atomic mass is 10.0. The van der Waals surface area contributed by atoms with E-state index in [0.29, 0.717) is 41.2 Å². The maximum atomic E-state index is 11.9. The van der Waals surface area contributed by atoms with Crippen molar-refractivity contribution in [2.75, 3.05) is 24.3 Å². The van der Waals surface area contributed by atoms with Gasteiger partial charge in [-0.05, 0) is 48.6 Å². The van der Waals surface area contributed by atoms with E-state index in [1.165, 1.54) is 25.4 Å². The zero-order valence-electron chi connectivity index (χ0n) is 26.7. The molecule has 0 saturated heterocycles. The second-order valence-electron chi connectivity index (χ2n) is 11.4. The van der Waals surface area contributed by atoms with E-state index >= 15 is 0 Å². The summed E-state index contributed by atoms with van der Waals surface area (Å²) in [4.78, 5) is 13.7. The maximum Gasteiger partial charge on any atom is 0.267 e. The second kappa shape index (κ2) is 14.6. The Balaban J connectivity index is 1.58. The number of carbonyl (C=O) groups is 1. The molecule has 2 heterocycles. The van der Waals surface area contributed by atoms with Crippen LogP contribution in [-0.2, 0) is 26.8 Å². The van der Waals surface area contributed by atoms with Crippen LogP contribution in [0.1, 0.15) is 48.5 Å². The number of aldehydes is 1. The van der Waals surface area contributed by atoms with Gasteiger partial charge in [0.25, 0.3) is 25.2 Å². The third-order valence-electron chi connectivity index (χ3n) is 8.12. The Morgan fingerprint density at radius 3 is 2.46 bits per heavy atom. The first-order valence-electron chi connectivity index (χ1n) is 15.3. The Bertz CT molecular complexity index is 2110. The van der Waals surface area contributed by atoms with E-state index in [1.807, 2.05) is 77.1 Å². The van der Waals surface area contributed by atoms with E-state index in [0.717, 1.165) is 32.1 Å². The Morgan fingerprint density at radius 1 is 1.06 bits per heavy atom. The molecule has 1 aliphatic heterocycles. The number of aryl methyl sites for hydroxylation is 1. The summed E-state index contributed by atoms with van der Waals surface area (Å²) >= 11 is 1.44. The van der Waals surface area contributed by atoms with E-state index in [2.05, 4.69) is 0 Å². The van der Waals surface area contributed by atoms with Crippen molar-refractivity contribution in [1.82, 2.24) is 0 Å². The highest BCUT2D eigenvalue weighted by Gasteiger charge is 2.29. The average molecular weight is 714 g/mol. The molecule has 0 aliphatic carbocycles. The smallest absolute Gasteiger partial charge is 0.267 e. The van der Waals surface area contributed by atoms with Crippen molar-refractivity contribution >= 4 is 59.8 Å². The minimum absolute atomic E-state index is 0.142. The average Bonchev–Trinajstić information content (AvgIpc) is 3.57. The minimum Gasteiger partial charge on any atom is -0.496 e. The molecular formula is C34H37N2O9S3+. The number of methoxy groups -OCH3 is 1. The molecule has 0 spiro atoms. The van der Waals surface area contributed by atoms with Crippen LogP contribution >= 0.6 is 11.3 Å². The van der Waals surface area contributed by atoms with Gasteiger partial charge >= 0.3 is 0 Å². The fourth-order valence-corrected chi connectivity index (χ4v) is 7.50. The fourth-order valence-electron chi connectivity index (χ4n) is 5.43. The number of hydrogen-bond donors (Lipinski definition) is 2. The molecule has 14 heteroatoms. The molecule has 48 heavy (non-hydrogen) atoms. The normalized spacial score (nSPS) is 15.1. The van der Waals surface area contributed by atoms with Crippen LogP contribution in [0.3, 0.4) is 0 Å². The predicted octanol–water partition coefficient (Wildman–Crippen LogP) is 6.16. The van der Waals surface area contributed by atoms with Gasteiger partial charge in [-0.25, -0.2) is 0 Å². The van der Waals surface area contributed by atoms with Crippen molar-refractivity contribution in [3.8, 4) is 22.6 Å². The molecule has 0 amide bonds. The molecule has 3 aromatic carbocycles. The molecule has 4 aromatic rings. The van der Waals surface area contributed by atoms with Crippen molar-refractivity contribution in [2.45, 2.75) is 44.9 Å². The molecule has 0 saturated carbocycles. The molecule has 0 radical (unpaired) electrons. The molecule has 5 rings (SSSR count). The number of carbonyl (C=O) groups excluding carboxylic acids is 1. The summed E-state index contributed by atoms with van der Waals surface area (Å²) in [6, 6.07) is 19.1. The van der Waals surface area contributed by atoms with E-state index in [1.54, 1.807) is 12.1 Å². The molecule has 0 bridgehead atoms. The third kappa shape index (κ3) is 8.13. The zero-order chi connectivity index (χ0) is 34.6. The number of benzene rings is 3. The Hall–Kier alpha value is -4.08. The van der Waals surface area contributed by atoms with Crippen LogP contribution in [0.15, 0.2) is 78.2 Å². The highest BCUT2D eigenvalue weighted by Crippen LogP contribution is 2.42.